The predicted molar refractivity (Wildman–Crippen MR) is 77.4 cm³/mol. The van der Waals surface area contributed by atoms with E-state index in [9.17, 15) is 9.59 Å². The van der Waals surface area contributed by atoms with Gasteiger partial charge in [0.15, 0.2) is 0 Å². The van der Waals surface area contributed by atoms with Crippen LogP contribution in [0.4, 0.5) is 0 Å². The molecule has 5 nitrogen and oxygen atoms in total. The molecule has 1 saturated heterocycles. The van der Waals surface area contributed by atoms with Crippen LogP contribution in [0.5, 0.6) is 0 Å². The molecule has 0 saturated carbocycles. The molecule has 1 aliphatic rings. The second-order valence-corrected chi connectivity index (χ2v) is 5.24. The number of carbonyl (C=O) groups is 2. The topological polar surface area (TPSA) is 65.1 Å². The molecule has 3 atom stereocenters. The number of carbonyl (C=O) groups excluding carboxylic acids is 2. The van der Waals surface area contributed by atoms with Crippen molar-refractivity contribution in [1.29, 1.82) is 0 Å². The van der Waals surface area contributed by atoms with Crippen molar-refractivity contribution in [2.24, 2.45) is 5.92 Å². The first-order valence-corrected chi connectivity index (χ1v) is 7.02. The summed E-state index contributed by atoms with van der Waals surface area (Å²) < 4.78 is 16.0. The van der Waals surface area contributed by atoms with E-state index in [1.165, 1.54) is 7.11 Å². The summed E-state index contributed by atoms with van der Waals surface area (Å²) in [4.78, 5) is 22.2. The van der Waals surface area contributed by atoms with Gasteiger partial charge in [-0.2, -0.15) is 0 Å². The Morgan fingerprint density at radius 1 is 1.43 bits per heavy atom. The lowest BCUT2D eigenvalue weighted by atomic mass is 9.80. The monoisotopic (exact) mass is 290 g/mol. The second-order valence-electron chi connectivity index (χ2n) is 5.24. The zero-order valence-electron chi connectivity index (χ0n) is 12.2. The Balaban J connectivity index is 1.84. The summed E-state index contributed by atoms with van der Waals surface area (Å²) in [5, 5.41) is 0. The van der Waals surface area contributed by atoms with Crippen LogP contribution < -0.4 is 0 Å². The molecule has 2 rings (SSSR count). The Morgan fingerprint density at radius 2 is 2.14 bits per heavy atom. The normalized spacial score (nSPS) is 21.4. The smallest absolute Gasteiger partial charge is 0.508 e. The van der Waals surface area contributed by atoms with Crippen molar-refractivity contribution < 1.29 is 23.6 Å². The van der Waals surface area contributed by atoms with Crippen molar-refractivity contribution in [2.75, 3.05) is 7.11 Å². The average molecular weight is 290 g/mol. The first kappa shape index (κ1) is 15.7. The third-order valence-electron chi connectivity index (χ3n) is 3.42. The molecule has 21 heavy (non-hydrogen) atoms. The molecule has 3 unspecified atom stereocenters. The fraction of sp³-hybridized carbons (Fsp3) is 0.467. The molecule has 1 aliphatic heterocycles. The fourth-order valence-electron chi connectivity index (χ4n) is 2.20. The van der Waals surface area contributed by atoms with Gasteiger partial charge in [-0.1, -0.05) is 37.3 Å². The Kier molecular flexibility index (Phi) is 5.53. The molecule has 112 valence electrons. The quantitative estimate of drug-likeness (QED) is 0.416. The maximum atomic E-state index is 11.8. The van der Waals surface area contributed by atoms with E-state index < -0.39 is 7.12 Å². The van der Waals surface area contributed by atoms with Crippen LogP contribution in [0, 0.1) is 5.92 Å². The zero-order chi connectivity index (χ0) is 15.2. The fourth-order valence-corrected chi connectivity index (χ4v) is 2.20. The molecule has 0 aliphatic carbocycles. The van der Waals surface area contributed by atoms with Crippen LogP contribution in [0.25, 0.3) is 0 Å². The first-order valence-electron chi connectivity index (χ1n) is 7.02. The van der Waals surface area contributed by atoms with Gasteiger partial charge in [-0.15, -0.1) is 0 Å². The van der Waals surface area contributed by atoms with Crippen molar-refractivity contribution in [3.8, 4) is 0 Å². The minimum Gasteiger partial charge on any atom is -0.508 e. The van der Waals surface area contributed by atoms with Gasteiger partial charge in [0, 0.05) is 20.0 Å². The van der Waals surface area contributed by atoms with Gasteiger partial charge in [0.25, 0.3) is 5.97 Å². The lowest BCUT2D eigenvalue weighted by Crippen LogP contribution is -2.32. The SMILES string of the molecule is COB(OC(=O)CC(C)CC=O)C1OC1c1ccccc1. The molecule has 1 aromatic carbocycles. The third kappa shape index (κ3) is 4.41. The van der Waals surface area contributed by atoms with Crippen LogP contribution in [-0.4, -0.2) is 32.5 Å². The average Bonchev–Trinajstić information content (AvgIpc) is 3.26. The van der Waals surface area contributed by atoms with Gasteiger partial charge in [0.2, 0.25) is 0 Å². The van der Waals surface area contributed by atoms with Gasteiger partial charge >= 0.3 is 7.12 Å². The molecule has 0 spiro atoms. The number of hydrogen-bond donors (Lipinski definition) is 0. The van der Waals surface area contributed by atoms with Crippen LogP contribution in [-0.2, 0) is 23.6 Å². The summed E-state index contributed by atoms with van der Waals surface area (Å²) >= 11 is 0. The van der Waals surface area contributed by atoms with Crippen LogP contribution >= 0.6 is 0 Å². The van der Waals surface area contributed by atoms with E-state index in [-0.39, 0.29) is 30.4 Å². The Hall–Kier alpha value is -1.66. The van der Waals surface area contributed by atoms with E-state index in [0.29, 0.717) is 6.42 Å². The lowest BCUT2D eigenvalue weighted by molar-refractivity contribution is -0.137. The van der Waals surface area contributed by atoms with E-state index in [0.717, 1.165) is 11.8 Å². The maximum Gasteiger partial charge on any atom is 0.561 e. The summed E-state index contributed by atoms with van der Waals surface area (Å²) in [5.74, 6) is -0.406. The number of aldehydes is 1. The summed E-state index contributed by atoms with van der Waals surface area (Å²) in [7, 11) is 0.766. The highest BCUT2D eigenvalue weighted by Crippen LogP contribution is 2.40. The Bertz CT molecular complexity index is 478. The van der Waals surface area contributed by atoms with Crippen LogP contribution in [0.2, 0.25) is 0 Å². The highest BCUT2D eigenvalue weighted by atomic mass is 16.7. The van der Waals surface area contributed by atoms with Crippen molar-refractivity contribution >= 4 is 19.4 Å². The van der Waals surface area contributed by atoms with Crippen molar-refractivity contribution in [2.45, 2.75) is 31.9 Å². The molecule has 6 heteroatoms. The molecule has 0 N–H and O–H groups in total. The molecule has 1 aromatic rings. The molecule has 0 amide bonds. The van der Waals surface area contributed by atoms with Gasteiger partial charge in [0.05, 0.1) is 0 Å². The minimum atomic E-state index is -0.717. The Labute approximate surface area is 124 Å². The summed E-state index contributed by atoms with van der Waals surface area (Å²) in [5.41, 5.74) is 1.04. The highest BCUT2D eigenvalue weighted by molar-refractivity contribution is 6.49. The van der Waals surface area contributed by atoms with Crippen molar-refractivity contribution in [1.82, 2.24) is 0 Å². The maximum absolute atomic E-state index is 11.8. The molecule has 1 fully saturated rings. The van der Waals surface area contributed by atoms with E-state index in [1.54, 1.807) is 0 Å². The van der Waals surface area contributed by atoms with Crippen LogP contribution in [0.3, 0.4) is 0 Å². The number of rotatable bonds is 8. The highest BCUT2D eigenvalue weighted by Gasteiger charge is 2.53. The van der Waals surface area contributed by atoms with E-state index in [1.807, 2.05) is 37.3 Å². The van der Waals surface area contributed by atoms with E-state index >= 15 is 0 Å². The molecular formula is C15H19BO5. The summed E-state index contributed by atoms with van der Waals surface area (Å²) in [6.07, 6.45) is 1.25. The van der Waals surface area contributed by atoms with E-state index in [2.05, 4.69) is 0 Å². The van der Waals surface area contributed by atoms with Gasteiger partial charge in [-0.05, 0) is 11.5 Å². The van der Waals surface area contributed by atoms with Gasteiger partial charge in [-0.25, -0.2) is 0 Å². The third-order valence-corrected chi connectivity index (χ3v) is 3.42. The van der Waals surface area contributed by atoms with Crippen molar-refractivity contribution in [3.63, 3.8) is 0 Å². The van der Waals surface area contributed by atoms with Gasteiger partial charge in [-0.3, -0.25) is 4.79 Å². The number of benzene rings is 1. The van der Waals surface area contributed by atoms with Crippen LogP contribution in [0.15, 0.2) is 30.3 Å². The van der Waals surface area contributed by atoms with Crippen molar-refractivity contribution in [3.05, 3.63) is 35.9 Å². The predicted octanol–water partition coefficient (Wildman–Crippen LogP) is 1.96. The number of epoxide rings is 1. The summed E-state index contributed by atoms with van der Waals surface area (Å²) in [6.45, 7) is 1.83. The Morgan fingerprint density at radius 3 is 2.76 bits per heavy atom. The van der Waals surface area contributed by atoms with Gasteiger partial charge in [0.1, 0.15) is 18.4 Å². The van der Waals surface area contributed by atoms with Gasteiger partial charge < -0.3 is 18.8 Å². The molecule has 0 aromatic heterocycles. The lowest BCUT2D eigenvalue weighted by Gasteiger charge is -2.12. The standard InChI is InChI=1S/C15H19BO5/c1-11(8-9-17)10-13(18)21-16(19-2)15-14(20-15)12-6-4-3-5-7-12/h3-7,9,11,14-15H,8,10H2,1-2H3. The zero-order valence-corrected chi connectivity index (χ0v) is 12.2. The molecule has 1 heterocycles. The molecule has 0 radical (unpaired) electrons. The molecule has 0 bridgehead atoms. The minimum absolute atomic E-state index is 0.0300. The van der Waals surface area contributed by atoms with E-state index in [4.69, 9.17) is 14.0 Å². The number of ether oxygens (including phenoxy) is 1. The largest absolute Gasteiger partial charge is 0.561 e. The second kappa shape index (κ2) is 7.38. The van der Waals surface area contributed by atoms with Crippen LogP contribution in [0.1, 0.15) is 31.4 Å². The summed E-state index contributed by atoms with van der Waals surface area (Å²) in [6, 6.07) is 9.45. The number of hydrogen-bond acceptors (Lipinski definition) is 5. The molecular weight excluding hydrogens is 271 g/mol. The first-order chi connectivity index (χ1) is 10.2.